The van der Waals surface area contributed by atoms with Gasteiger partial charge in [-0.1, -0.05) is 74.0 Å². The lowest BCUT2D eigenvalue weighted by atomic mass is 10.0. The Balaban J connectivity index is 1.26. The molecule has 6 heteroatoms. The number of hydrogen-bond acceptors (Lipinski definition) is 5. The van der Waals surface area contributed by atoms with E-state index in [1.54, 1.807) is 0 Å². The van der Waals surface area contributed by atoms with Gasteiger partial charge in [-0.2, -0.15) is 4.98 Å². The Bertz CT molecular complexity index is 1040. The normalized spacial score (nSPS) is 14.5. The third kappa shape index (κ3) is 6.51. The molecule has 0 aliphatic carbocycles. The molecule has 0 bridgehead atoms. The summed E-state index contributed by atoms with van der Waals surface area (Å²) in [6, 6.07) is 16.6. The molecule has 0 saturated carbocycles. The third-order valence-corrected chi connectivity index (χ3v) is 6.31. The second-order valence-electron chi connectivity index (χ2n) is 9.17. The summed E-state index contributed by atoms with van der Waals surface area (Å²) in [5.41, 5.74) is 4.67. The fourth-order valence-corrected chi connectivity index (χ4v) is 4.24. The average Bonchev–Trinajstić information content (AvgIpc) is 3.32. The molecule has 0 radical (unpaired) electrons. The Morgan fingerprint density at radius 3 is 2.48 bits per heavy atom. The van der Waals surface area contributed by atoms with Crippen LogP contribution in [-0.2, 0) is 24.3 Å². The lowest BCUT2D eigenvalue weighted by Crippen LogP contribution is -2.30. The Kier molecular flexibility index (Phi) is 7.89. The lowest BCUT2D eigenvalue weighted by Gasteiger charge is -2.27. The smallest absolute Gasteiger partial charge is 0.227 e. The van der Waals surface area contributed by atoms with Crippen LogP contribution in [0.15, 0.2) is 53.1 Å². The minimum Gasteiger partial charge on any atom is -0.352 e. The van der Waals surface area contributed by atoms with Crippen LogP contribution < -0.4 is 5.32 Å². The summed E-state index contributed by atoms with van der Waals surface area (Å²) in [6.45, 7) is 8.15. The molecule has 2 aromatic carbocycles. The third-order valence-electron chi connectivity index (χ3n) is 6.31. The van der Waals surface area contributed by atoms with Crippen molar-refractivity contribution < 1.29 is 9.32 Å². The van der Waals surface area contributed by atoms with Crippen molar-refractivity contribution in [2.75, 3.05) is 13.1 Å². The maximum absolute atomic E-state index is 12.5. The van der Waals surface area contributed by atoms with E-state index in [1.165, 1.54) is 36.0 Å². The van der Waals surface area contributed by atoms with Gasteiger partial charge in [-0.3, -0.25) is 9.69 Å². The van der Waals surface area contributed by atoms with E-state index < -0.39 is 0 Å². The van der Waals surface area contributed by atoms with Crippen molar-refractivity contribution in [1.29, 1.82) is 0 Å². The lowest BCUT2D eigenvalue weighted by molar-refractivity contribution is -0.121. The van der Waals surface area contributed by atoms with E-state index in [2.05, 4.69) is 64.5 Å². The van der Waals surface area contributed by atoms with Crippen LogP contribution in [0.2, 0.25) is 0 Å². The SMILES string of the molecule is CC(C)c1ccc(-c2noc(CCC(=O)NCc3ccccc3CN3CCCCC3)n2)cc1. The number of hydrogen-bond donors (Lipinski definition) is 1. The van der Waals surface area contributed by atoms with Gasteiger partial charge in [0.05, 0.1) is 0 Å². The highest BCUT2D eigenvalue weighted by molar-refractivity contribution is 5.76. The highest BCUT2D eigenvalue weighted by Crippen LogP contribution is 2.21. The zero-order valence-electron chi connectivity index (χ0n) is 19.7. The average molecular weight is 447 g/mol. The number of nitrogens with one attached hydrogen (secondary N) is 1. The van der Waals surface area contributed by atoms with Crippen LogP contribution in [0.4, 0.5) is 0 Å². The van der Waals surface area contributed by atoms with E-state index >= 15 is 0 Å². The first-order valence-electron chi connectivity index (χ1n) is 12.1. The van der Waals surface area contributed by atoms with Gasteiger partial charge >= 0.3 is 0 Å². The van der Waals surface area contributed by atoms with Crippen molar-refractivity contribution in [3.63, 3.8) is 0 Å². The van der Waals surface area contributed by atoms with Crippen LogP contribution in [-0.4, -0.2) is 34.0 Å². The van der Waals surface area contributed by atoms with Gasteiger partial charge in [-0.05, 0) is 48.5 Å². The minimum atomic E-state index is -0.0104. The summed E-state index contributed by atoms with van der Waals surface area (Å²) in [7, 11) is 0. The maximum atomic E-state index is 12.5. The molecule has 1 saturated heterocycles. The Hall–Kier alpha value is -2.99. The van der Waals surface area contributed by atoms with Crippen molar-refractivity contribution in [3.05, 3.63) is 71.1 Å². The Morgan fingerprint density at radius 1 is 1.03 bits per heavy atom. The number of piperidine rings is 1. The molecule has 0 atom stereocenters. The number of aromatic nitrogens is 2. The topological polar surface area (TPSA) is 71.3 Å². The molecule has 3 aromatic rings. The predicted octanol–water partition coefficient (Wildman–Crippen LogP) is 5.09. The largest absolute Gasteiger partial charge is 0.352 e. The molecule has 0 unspecified atom stereocenters. The van der Waals surface area contributed by atoms with Crippen LogP contribution in [0.3, 0.4) is 0 Å². The van der Waals surface area contributed by atoms with Gasteiger partial charge in [0, 0.05) is 31.5 Å². The molecule has 2 heterocycles. The number of aryl methyl sites for hydroxylation is 1. The molecular formula is C27H34N4O2. The number of carbonyl (C=O) groups excluding carboxylic acids is 1. The molecular weight excluding hydrogens is 412 g/mol. The van der Waals surface area contributed by atoms with Crippen molar-refractivity contribution in [1.82, 2.24) is 20.4 Å². The van der Waals surface area contributed by atoms with Gasteiger partial charge < -0.3 is 9.84 Å². The summed E-state index contributed by atoms with van der Waals surface area (Å²) < 4.78 is 5.37. The van der Waals surface area contributed by atoms with Crippen LogP contribution >= 0.6 is 0 Å². The minimum absolute atomic E-state index is 0.0104. The number of nitrogens with zero attached hydrogens (tertiary/aromatic N) is 3. The fraction of sp³-hybridized carbons (Fsp3) is 0.444. The summed E-state index contributed by atoms with van der Waals surface area (Å²) in [6.07, 6.45) is 4.64. The van der Waals surface area contributed by atoms with Gasteiger partial charge in [0.1, 0.15) is 0 Å². The van der Waals surface area contributed by atoms with Gasteiger partial charge in [0.2, 0.25) is 17.6 Å². The van der Waals surface area contributed by atoms with Crippen molar-refractivity contribution >= 4 is 5.91 Å². The molecule has 174 valence electrons. The summed E-state index contributed by atoms with van der Waals surface area (Å²) in [5.74, 6) is 1.52. The zero-order valence-corrected chi connectivity index (χ0v) is 19.7. The van der Waals surface area contributed by atoms with E-state index in [9.17, 15) is 4.79 Å². The summed E-state index contributed by atoms with van der Waals surface area (Å²) in [5, 5.41) is 7.13. The second-order valence-corrected chi connectivity index (χ2v) is 9.17. The molecule has 1 amide bonds. The molecule has 1 aliphatic rings. The number of amides is 1. The van der Waals surface area contributed by atoms with Crippen LogP contribution in [0.25, 0.3) is 11.4 Å². The molecule has 1 aromatic heterocycles. The Morgan fingerprint density at radius 2 is 1.76 bits per heavy atom. The summed E-state index contributed by atoms with van der Waals surface area (Å²) >= 11 is 0. The molecule has 1 N–H and O–H groups in total. The zero-order chi connectivity index (χ0) is 23.0. The molecule has 1 fully saturated rings. The van der Waals surface area contributed by atoms with E-state index in [-0.39, 0.29) is 5.91 Å². The number of likely N-dealkylation sites (tertiary alicyclic amines) is 1. The first kappa shape index (κ1) is 23.2. The van der Waals surface area contributed by atoms with E-state index in [0.29, 0.717) is 37.0 Å². The van der Waals surface area contributed by atoms with Gasteiger partial charge in [-0.15, -0.1) is 0 Å². The molecule has 1 aliphatic heterocycles. The number of rotatable bonds is 9. The van der Waals surface area contributed by atoms with Crippen LogP contribution in [0.1, 0.15) is 68.0 Å². The van der Waals surface area contributed by atoms with Gasteiger partial charge in [0.15, 0.2) is 0 Å². The first-order valence-corrected chi connectivity index (χ1v) is 12.1. The Labute approximate surface area is 196 Å². The quantitative estimate of drug-likeness (QED) is 0.495. The van der Waals surface area contributed by atoms with Crippen molar-refractivity contribution in [2.24, 2.45) is 0 Å². The number of carbonyl (C=O) groups is 1. The van der Waals surface area contributed by atoms with E-state index in [4.69, 9.17) is 4.52 Å². The van der Waals surface area contributed by atoms with Gasteiger partial charge in [-0.25, -0.2) is 0 Å². The highest BCUT2D eigenvalue weighted by Gasteiger charge is 2.14. The van der Waals surface area contributed by atoms with Gasteiger partial charge in [0.25, 0.3) is 0 Å². The van der Waals surface area contributed by atoms with Crippen molar-refractivity contribution in [3.8, 4) is 11.4 Å². The first-order chi connectivity index (χ1) is 16.1. The second kappa shape index (κ2) is 11.2. The predicted molar refractivity (Wildman–Crippen MR) is 130 cm³/mol. The standard InChI is InChI=1S/C27H34N4O2/c1-20(2)21-10-12-22(13-11-21)27-29-26(33-30-27)15-14-25(32)28-18-23-8-4-5-9-24(23)19-31-16-6-3-7-17-31/h4-5,8-13,20H,3,6-7,14-19H2,1-2H3,(H,28,32). The van der Waals surface area contributed by atoms with Crippen LogP contribution in [0, 0.1) is 0 Å². The fourth-order valence-electron chi connectivity index (χ4n) is 4.24. The monoisotopic (exact) mass is 446 g/mol. The summed E-state index contributed by atoms with van der Waals surface area (Å²) in [4.78, 5) is 19.4. The molecule has 6 nitrogen and oxygen atoms in total. The number of benzene rings is 2. The van der Waals surface area contributed by atoms with E-state index in [0.717, 1.165) is 25.2 Å². The maximum Gasteiger partial charge on any atom is 0.227 e. The van der Waals surface area contributed by atoms with Crippen molar-refractivity contribution in [2.45, 2.75) is 65.0 Å². The molecule has 33 heavy (non-hydrogen) atoms. The van der Waals surface area contributed by atoms with Crippen LogP contribution in [0.5, 0.6) is 0 Å². The molecule has 0 spiro atoms. The highest BCUT2D eigenvalue weighted by atomic mass is 16.5. The molecule has 4 rings (SSSR count). The van der Waals surface area contributed by atoms with E-state index in [1.807, 2.05) is 18.2 Å².